The summed E-state index contributed by atoms with van der Waals surface area (Å²) in [6.07, 6.45) is 0. The molecule has 188 valence electrons. The fourth-order valence-electron chi connectivity index (χ4n) is 3.23. The Balaban J connectivity index is 1.50. The van der Waals surface area contributed by atoms with Gasteiger partial charge in [-0.15, -0.1) is 0 Å². The predicted molar refractivity (Wildman–Crippen MR) is 138 cm³/mol. The molecule has 3 amide bonds. The summed E-state index contributed by atoms with van der Waals surface area (Å²) in [5.74, 6) is -0.580. The molecule has 0 aromatic heterocycles. The number of nitrogens with one attached hydrogen (secondary N) is 3. The molecule has 0 fully saturated rings. The number of benzene rings is 3. The summed E-state index contributed by atoms with van der Waals surface area (Å²) < 4.78 is 10.4. The van der Waals surface area contributed by atoms with Crippen LogP contribution in [-0.4, -0.2) is 38.0 Å². The predicted octanol–water partition coefficient (Wildman–Crippen LogP) is 4.34. The SMILES string of the molecule is COCCOc1ccc(C(=O)NNC(=O)c2ccc(NC(=O)c3ccc(C(C)(C)C)cc3)cc2)cc1. The van der Waals surface area contributed by atoms with E-state index in [1.807, 2.05) is 12.1 Å². The first-order valence-electron chi connectivity index (χ1n) is 11.5. The first-order chi connectivity index (χ1) is 17.2. The quantitative estimate of drug-likeness (QED) is 0.323. The van der Waals surface area contributed by atoms with Crippen molar-refractivity contribution >= 4 is 23.4 Å². The summed E-state index contributed by atoms with van der Waals surface area (Å²) in [5.41, 5.74) is 7.70. The highest BCUT2D eigenvalue weighted by atomic mass is 16.5. The Morgan fingerprint density at radius 3 is 1.64 bits per heavy atom. The minimum atomic E-state index is -0.487. The standard InChI is InChI=1S/C28H31N3O5/c1-28(2,3)22-11-5-19(6-12-22)25(32)29-23-13-7-20(8-14-23)26(33)30-31-27(34)21-9-15-24(16-10-21)36-18-17-35-4/h5-16H,17-18H2,1-4H3,(H,29,32)(H,30,33)(H,31,34). The molecule has 3 aromatic carbocycles. The summed E-state index contributed by atoms with van der Waals surface area (Å²) >= 11 is 0. The molecule has 0 saturated carbocycles. The van der Waals surface area contributed by atoms with Crippen molar-refractivity contribution in [3.63, 3.8) is 0 Å². The lowest BCUT2D eigenvalue weighted by Crippen LogP contribution is -2.41. The van der Waals surface area contributed by atoms with Crippen molar-refractivity contribution in [1.29, 1.82) is 0 Å². The molecule has 0 heterocycles. The number of amides is 3. The molecule has 36 heavy (non-hydrogen) atoms. The van der Waals surface area contributed by atoms with Crippen LogP contribution in [0.2, 0.25) is 0 Å². The van der Waals surface area contributed by atoms with Crippen molar-refractivity contribution < 1.29 is 23.9 Å². The Morgan fingerprint density at radius 2 is 1.14 bits per heavy atom. The zero-order valence-corrected chi connectivity index (χ0v) is 20.9. The molecule has 0 bridgehead atoms. The van der Waals surface area contributed by atoms with E-state index >= 15 is 0 Å². The molecule has 8 heteroatoms. The van der Waals surface area contributed by atoms with E-state index in [0.29, 0.717) is 41.3 Å². The largest absolute Gasteiger partial charge is 0.491 e. The molecule has 8 nitrogen and oxygen atoms in total. The van der Waals surface area contributed by atoms with Crippen LogP contribution in [0.15, 0.2) is 72.8 Å². The van der Waals surface area contributed by atoms with E-state index < -0.39 is 11.8 Å². The molecule has 0 unspecified atom stereocenters. The van der Waals surface area contributed by atoms with Crippen LogP contribution in [-0.2, 0) is 10.2 Å². The number of methoxy groups -OCH3 is 1. The van der Waals surface area contributed by atoms with Gasteiger partial charge >= 0.3 is 0 Å². The highest BCUT2D eigenvalue weighted by Crippen LogP contribution is 2.22. The molecule has 0 radical (unpaired) electrons. The van der Waals surface area contributed by atoms with Crippen molar-refractivity contribution in [3.05, 3.63) is 95.1 Å². The lowest BCUT2D eigenvalue weighted by molar-refractivity contribution is 0.0846. The maximum absolute atomic E-state index is 12.5. The maximum Gasteiger partial charge on any atom is 0.269 e. The molecular weight excluding hydrogens is 458 g/mol. The van der Waals surface area contributed by atoms with Gasteiger partial charge in [-0.3, -0.25) is 25.2 Å². The maximum atomic E-state index is 12.5. The molecular formula is C28H31N3O5. The number of carbonyl (C=O) groups is 3. The minimum absolute atomic E-state index is 0.00848. The van der Waals surface area contributed by atoms with Crippen LogP contribution >= 0.6 is 0 Å². The number of rotatable bonds is 8. The molecule has 3 aromatic rings. The monoisotopic (exact) mass is 489 g/mol. The average molecular weight is 490 g/mol. The third kappa shape index (κ3) is 7.41. The minimum Gasteiger partial charge on any atom is -0.491 e. The van der Waals surface area contributed by atoms with Crippen molar-refractivity contribution in [1.82, 2.24) is 10.9 Å². The van der Waals surface area contributed by atoms with E-state index in [-0.39, 0.29) is 11.3 Å². The van der Waals surface area contributed by atoms with Gasteiger partial charge in [0.2, 0.25) is 0 Å². The van der Waals surface area contributed by atoms with Crippen LogP contribution in [0.25, 0.3) is 0 Å². The Morgan fingerprint density at radius 1 is 0.667 bits per heavy atom. The topological polar surface area (TPSA) is 106 Å². The lowest BCUT2D eigenvalue weighted by atomic mass is 9.87. The summed E-state index contributed by atoms with van der Waals surface area (Å²) in [7, 11) is 1.59. The fraction of sp³-hybridized carbons (Fsp3) is 0.250. The van der Waals surface area contributed by atoms with E-state index in [1.165, 1.54) is 0 Å². The molecule has 0 spiro atoms. The number of hydrazine groups is 1. The zero-order valence-electron chi connectivity index (χ0n) is 20.9. The van der Waals surface area contributed by atoms with Gasteiger partial charge < -0.3 is 14.8 Å². The van der Waals surface area contributed by atoms with Gasteiger partial charge in [0, 0.05) is 29.5 Å². The van der Waals surface area contributed by atoms with Gasteiger partial charge in [0.25, 0.3) is 17.7 Å². The van der Waals surface area contributed by atoms with E-state index in [9.17, 15) is 14.4 Å². The summed E-state index contributed by atoms with van der Waals surface area (Å²) in [6, 6.07) is 20.4. The van der Waals surface area contributed by atoms with Crippen LogP contribution in [0.1, 0.15) is 57.4 Å². The third-order valence-electron chi connectivity index (χ3n) is 5.38. The Bertz CT molecular complexity index is 1180. The summed E-state index contributed by atoms with van der Waals surface area (Å²) in [6.45, 7) is 7.22. The van der Waals surface area contributed by atoms with Crippen molar-refractivity contribution in [3.8, 4) is 5.75 Å². The van der Waals surface area contributed by atoms with Gasteiger partial charge in [-0.25, -0.2) is 0 Å². The van der Waals surface area contributed by atoms with Crippen LogP contribution < -0.4 is 20.9 Å². The molecule has 0 aliphatic rings. The third-order valence-corrected chi connectivity index (χ3v) is 5.38. The van der Waals surface area contributed by atoms with Crippen LogP contribution in [0.4, 0.5) is 5.69 Å². The second-order valence-electron chi connectivity index (χ2n) is 9.13. The molecule has 0 saturated heterocycles. The fourth-order valence-corrected chi connectivity index (χ4v) is 3.23. The molecule has 0 aliphatic carbocycles. The number of ether oxygens (including phenoxy) is 2. The molecule has 3 N–H and O–H groups in total. The molecule has 0 aliphatic heterocycles. The second kappa shape index (κ2) is 12.0. The van der Waals surface area contributed by atoms with Crippen LogP contribution in [0, 0.1) is 0 Å². The highest BCUT2D eigenvalue weighted by Gasteiger charge is 2.15. The Labute approximate surface area is 211 Å². The van der Waals surface area contributed by atoms with Gasteiger partial charge in [0.15, 0.2) is 0 Å². The molecule has 3 rings (SSSR count). The first-order valence-corrected chi connectivity index (χ1v) is 11.5. The van der Waals surface area contributed by atoms with Crippen molar-refractivity contribution in [2.45, 2.75) is 26.2 Å². The van der Waals surface area contributed by atoms with Gasteiger partial charge in [-0.05, 0) is 71.6 Å². The smallest absolute Gasteiger partial charge is 0.269 e. The number of hydrogen-bond donors (Lipinski definition) is 3. The van der Waals surface area contributed by atoms with Gasteiger partial charge in [-0.1, -0.05) is 32.9 Å². The first kappa shape index (κ1) is 26.4. The van der Waals surface area contributed by atoms with Crippen molar-refractivity contribution in [2.75, 3.05) is 25.6 Å². The van der Waals surface area contributed by atoms with E-state index in [4.69, 9.17) is 9.47 Å². The number of hydrogen-bond acceptors (Lipinski definition) is 5. The summed E-state index contributed by atoms with van der Waals surface area (Å²) in [4.78, 5) is 37.2. The Kier molecular flexibility index (Phi) is 8.81. The lowest BCUT2D eigenvalue weighted by Gasteiger charge is -2.19. The zero-order chi connectivity index (χ0) is 26.1. The van der Waals surface area contributed by atoms with Gasteiger partial charge in [-0.2, -0.15) is 0 Å². The Hall–Kier alpha value is -4.17. The average Bonchev–Trinajstić information content (AvgIpc) is 2.87. The summed E-state index contributed by atoms with van der Waals surface area (Å²) in [5, 5.41) is 2.82. The highest BCUT2D eigenvalue weighted by molar-refractivity contribution is 6.04. The second-order valence-corrected chi connectivity index (χ2v) is 9.13. The molecule has 0 atom stereocenters. The van der Waals surface area contributed by atoms with E-state index in [2.05, 4.69) is 36.9 Å². The van der Waals surface area contributed by atoms with E-state index in [1.54, 1.807) is 67.8 Å². The van der Waals surface area contributed by atoms with Gasteiger partial charge in [0.05, 0.1) is 6.61 Å². The van der Waals surface area contributed by atoms with Crippen LogP contribution in [0.3, 0.4) is 0 Å². The number of anilines is 1. The number of carbonyl (C=O) groups excluding carboxylic acids is 3. The van der Waals surface area contributed by atoms with Gasteiger partial charge in [0.1, 0.15) is 12.4 Å². The van der Waals surface area contributed by atoms with Crippen LogP contribution in [0.5, 0.6) is 5.75 Å². The van der Waals surface area contributed by atoms with Crippen molar-refractivity contribution in [2.24, 2.45) is 0 Å². The van der Waals surface area contributed by atoms with E-state index in [0.717, 1.165) is 5.56 Å². The normalized spacial score (nSPS) is 10.9.